The number of aromatic nitrogens is 2. The van der Waals surface area contributed by atoms with E-state index in [4.69, 9.17) is 5.73 Å². The molecule has 0 saturated heterocycles. The molecule has 0 aliphatic rings. The Bertz CT molecular complexity index is 627. The average Bonchev–Trinajstić information content (AvgIpc) is 2.40. The number of nitrogens with zero attached hydrogens (tertiary/aromatic N) is 2. The molecule has 7 heteroatoms. The van der Waals surface area contributed by atoms with Crippen LogP contribution >= 0.6 is 0 Å². The quantitative estimate of drug-likeness (QED) is 0.842. The highest BCUT2D eigenvalue weighted by molar-refractivity contribution is 7.92. The Hall–Kier alpha value is -1.99. The summed E-state index contributed by atoms with van der Waals surface area (Å²) < 4.78 is 26.5. The summed E-state index contributed by atoms with van der Waals surface area (Å²) in [5, 5.41) is 0. The maximum Gasteiger partial charge on any atom is 0.263 e. The monoisotopic (exact) mass is 278 g/mol. The first kappa shape index (κ1) is 13.4. The molecule has 100 valence electrons. The van der Waals surface area contributed by atoms with Gasteiger partial charge in [-0.2, -0.15) is 0 Å². The van der Waals surface area contributed by atoms with Crippen LogP contribution in [0.1, 0.15) is 5.56 Å². The van der Waals surface area contributed by atoms with Crippen molar-refractivity contribution < 1.29 is 8.42 Å². The molecule has 19 heavy (non-hydrogen) atoms. The van der Waals surface area contributed by atoms with Crippen LogP contribution in [0.4, 0.5) is 5.82 Å². The average molecular weight is 278 g/mol. The molecule has 0 bridgehead atoms. The van der Waals surface area contributed by atoms with Crippen LogP contribution in [-0.2, 0) is 16.4 Å². The number of nitrogens with two attached hydrogens (primary N) is 1. The van der Waals surface area contributed by atoms with E-state index in [1.807, 2.05) is 0 Å². The molecule has 0 aliphatic heterocycles. The third-order valence-corrected chi connectivity index (χ3v) is 3.84. The van der Waals surface area contributed by atoms with Gasteiger partial charge in [0, 0.05) is 12.4 Å². The van der Waals surface area contributed by atoms with Crippen LogP contribution in [0.2, 0.25) is 0 Å². The Morgan fingerprint density at radius 2 is 1.89 bits per heavy atom. The van der Waals surface area contributed by atoms with Gasteiger partial charge in [0.2, 0.25) is 0 Å². The first-order valence-electron chi connectivity index (χ1n) is 5.69. The molecule has 0 fully saturated rings. The van der Waals surface area contributed by atoms with Crippen molar-refractivity contribution >= 4 is 15.8 Å². The zero-order chi connectivity index (χ0) is 13.7. The normalized spacial score (nSPS) is 11.2. The van der Waals surface area contributed by atoms with Crippen molar-refractivity contribution in [2.75, 3.05) is 11.3 Å². The molecular formula is C12H14N4O2S. The van der Waals surface area contributed by atoms with E-state index in [2.05, 4.69) is 14.7 Å². The molecule has 2 rings (SSSR count). The highest BCUT2D eigenvalue weighted by Gasteiger charge is 2.14. The summed E-state index contributed by atoms with van der Waals surface area (Å²) in [5.74, 6) is 0.188. The van der Waals surface area contributed by atoms with E-state index in [0.717, 1.165) is 12.0 Å². The predicted molar refractivity (Wildman–Crippen MR) is 72.0 cm³/mol. The van der Waals surface area contributed by atoms with Crippen LogP contribution < -0.4 is 10.5 Å². The lowest BCUT2D eigenvalue weighted by atomic mass is 10.2. The molecule has 2 aromatic rings. The van der Waals surface area contributed by atoms with Gasteiger partial charge in [-0.1, -0.05) is 12.1 Å². The first-order chi connectivity index (χ1) is 9.12. The van der Waals surface area contributed by atoms with Crippen LogP contribution in [0.5, 0.6) is 0 Å². The van der Waals surface area contributed by atoms with Crippen molar-refractivity contribution in [1.29, 1.82) is 0 Å². The van der Waals surface area contributed by atoms with E-state index >= 15 is 0 Å². The van der Waals surface area contributed by atoms with Crippen LogP contribution in [0.25, 0.3) is 0 Å². The minimum atomic E-state index is -3.63. The SMILES string of the molecule is NCCc1ccc(S(=O)(=O)Nc2cnccn2)cc1. The maximum absolute atomic E-state index is 12.1. The Kier molecular flexibility index (Phi) is 4.08. The molecule has 3 N–H and O–H groups in total. The summed E-state index contributed by atoms with van der Waals surface area (Å²) in [6.07, 6.45) is 4.96. The molecule has 0 amide bonds. The van der Waals surface area contributed by atoms with E-state index in [0.29, 0.717) is 6.54 Å². The minimum absolute atomic E-state index is 0.180. The largest absolute Gasteiger partial charge is 0.330 e. The second-order valence-electron chi connectivity index (χ2n) is 3.88. The van der Waals surface area contributed by atoms with Crippen molar-refractivity contribution in [3.05, 3.63) is 48.4 Å². The Balaban J connectivity index is 2.20. The standard InChI is InChI=1S/C12H14N4O2S/c13-6-5-10-1-3-11(4-2-10)19(17,18)16-12-9-14-7-8-15-12/h1-4,7-9H,5-6,13H2,(H,15,16). The van der Waals surface area contributed by atoms with Crippen molar-refractivity contribution in [2.24, 2.45) is 5.73 Å². The van der Waals surface area contributed by atoms with Crippen LogP contribution in [0.15, 0.2) is 47.8 Å². The smallest absolute Gasteiger partial charge is 0.263 e. The van der Waals surface area contributed by atoms with Gasteiger partial charge in [-0.15, -0.1) is 0 Å². The number of sulfonamides is 1. The van der Waals surface area contributed by atoms with Crippen LogP contribution in [0.3, 0.4) is 0 Å². The van der Waals surface area contributed by atoms with E-state index in [1.54, 1.807) is 24.3 Å². The molecule has 0 atom stereocenters. The molecule has 0 radical (unpaired) electrons. The molecular weight excluding hydrogens is 264 g/mol. The number of nitrogens with one attached hydrogen (secondary N) is 1. The van der Waals surface area contributed by atoms with Gasteiger partial charge in [-0.3, -0.25) is 9.71 Å². The summed E-state index contributed by atoms with van der Waals surface area (Å²) in [6, 6.07) is 6.59. The molecule has 0 unspecified atom stereocenters. The third-order valence-electron chi connectivity index (χ3n) is 2.47. The van der Waals surface area contributed by atoms with E-state index in [1.165, 1.54) is 18.6 Å². The summed E-state index contributed by atoms with van der Waals surface area (Å²) in [4.78, 5) is 7.84. The Labute approximate surface area is 111 Å². The fourth-order valence-corrected chi connectivity index (χ4v) is 2.54. The number of rotatable bonds is 5. The molecule has 1 aromatic carbocycles. The molecule has 1 aromatic heterocycles. The van der Waals surface area contributed by atoms with Gasteiger partial charge >= 0.3 is 0 Å². The van der Waals surface area contributed by atoms with E-state index in [9.17, 15) is 8.42 Å². The lowest BCUT2D eigenvalue weighted by Crippen LogP contribution is -2.14. The molecule has 0 aliphatic carbocycles. The van der Waals surface area contributed by atoms with Gasteiger partial charge in [0.25, 0.3) is 10.0 Å². The Morgan fingerprint density at radius 3 is 2.47 bits per heavy atom. The van der Waals surface area contributed by atoms with E-state index < -0.39 is 10.0 Å². The van der Waals surface area contributed by atoms with Crippen LogP contribution in [-0.4, -0.2) is 24.9 Å². The second kappa shape index (κ2) is 5.77. The highest BCUT2D eigenvalue weighted by Crippen LogP contribution is 2.14. The van der Waals surface area contributed by atoms with Crippen molar-refractivity contribution in [3.8, 4) is 0 Å². The number of hydrogen-bond acceptors (Lipinski definition) is 5. The van der Waals surface area contributed by atoms with Gasteiger partial charge in [0.05, 0.1) is 11.1 Å². The third kappa shape index (κ3) is 3.49. The number of hydrogen-bond donors (Lipinski definition) is 2. The summed E-state index contributed by atoms with van der Waals surface area (Å²) in [5.41, 5.74) is 6.44. The fraction of sp³-hybridized carbons (Fsp3) is 0.167. The summed E-state index contributed by atoms with van der Waals surface area (Å²) in [7, 11) is -3.63. The fourth-order valence-electron chi connectivity index (χ4n) is 1.55. The number of benzene rings is 1. The predicted octanol–water partition coefficient (Wildman–Crippen LogP) is 0.779. The van der Waals surface area contributed by atoms with Crippen molar-refractivity contribution in [2.45, 2.75) is 11.3 Å². The highest BCUT2D eigenvalue weighted by atomic mass is 32.2. The second-order valence-corrected chi connectivity index (χ2v) is 5.56. The number of anilines is 1. The molecule has 6 nitrogen and oxygen atoms in total. The topological polar surface area (TPSA) is 98.0 Å². The molecule has 0 saturated carbocycles. The molecule has 1 heterocycles. The Morgan fingerprint density at radius 1 is 1.16 bits per heavy atom. The van der Waals surface area contributed by atoms with Gasteiger partial charge < -0.3 is 5.73 Å². The summed E-state index contributed by atoms with van der Waals surface area (Å²) >= 11 is 0. The van der Waals surface area contributed by atoms with E-state index in [-0.39, 0.29) is 10.7 Å². The lowest BCUT2D eigenvalue weighted by molar-refractivity contribution is 0.601. The zero-order valence-electron chi connectivity index (χ0n) is 10.2. The van der Waals surface area contributed by atoms with Crippen molar-refractivity contribution in [1.82, 2.24) is 9.97 Å². The summed E-state index contributed by atoms with van der Waals surface area (Å²) in [6.45, 7) is 0.532. The van der Waals surface area contributed by atoms with Gasteiger partial charge in [-0.05, 0) is 30.7 Å². The van der Waals surface area contributed by atoms with Gasteiger partial charge in [0.15, 0.2) is 5.82 Å². The van der Waals surface area contributed by atoms with Crippen LogP contribution in [0, 0.1) is 0 Å². The first-order valence-corrected chi connectivity index (χ1v) is 7.18. The van der Waals surface area contributed by atoms with Crippen molar-refractivity contribution in [3.63, 3.8) is 0 Å². The lowest BCUT2D eigenvalue weighted by Gasteiger charge is -2.07. The van der Waals surface area contributed by atoms with Gasteiger partial charge in [-0.25, -0.2) is 13.4 Å². The molecule has 0 spiro atoms. The minimum Gasteiger partial charge on any atom is -0.330 e. The van der Waals surface area contributed by atoms with Gasteiger partial charge in [0.1, 0.15) is 0 Å². The zero-order valence-corrected chi connectivity index (χ0v) is 11.0. The maximum atomic E-state index is 12.1.